The zero-order valence-corrected chi connectivity index (χ0v) is 14.4. The summed E-state index contributed by atoms with van der Waals surface area (Å²) in [5.74, 6) is 0.635. The molecule has 1 atom stereocenters. The van der Waals surface area contributed by atoms with E-state index in [2.05, 4.69) is 20.6 Å². The van der Waals surface area contributed by atoms with Crippen molar-refractivity contribution in [1.29, 1.82) is 0 Å². The van der Waals surface area contributed by atoms with Gasteiger partial charge in [0.05, 0.1) is 19.9 Å². The van der Waals surface area contributed by atoms with Gasteiger partial charge in [0.2, 0.25) is 5.88 Å². The Morgan fingerprint density at radius 2 is 2.31 bits per heavy atom. The molecule has 4 rings (SSSR count). The predicted octanol–water partition coefficient (Wildman–Crippen LogP) is 2.12. The van der Waals surface area contributed by atoms with Gasteiger partial charge in [0.1, 0.15) is 0 Å². The van der Waals surface area contributed by atoms with E-state index in [-0.39, 0.29) is 11.6 Å². The number of fused-ring (bicyclic) bond motifs is 1. The Hall–Kier alpha value is -3.00. The summed E-state index contributed by atoms with van der Waals surface area (Å²) in [7, 11) is 1.57. The van der Waals surface area contributed by atoms with Gasteiger partial charge < -0.3 is 14.8 Å². The van der Waals surface area contributed by atoms with Crippen molar-refractivity contribution in [3.05, 3.63) is 42.4 Å². The fourth-order valence-corrected chi connectivity index (χ4v) is 3.12. The van der Waals surface area contributed by atoms with Crippen LogP contribution in [-0.2, 0) is 11.3 Å². The van der Waals surface area contributed by atoms with E-state index in [1.807, 2.05) is 24.3 Å². The highest BCUT2D eigenvalue weighted by Gasteiger charge is 2.18. The summed E-state index contributed by atoms with van der Waals surface area (Å²) >= 11 is 0. The number of hydrogen-bond donors (Lipinski definition) is 1. The number of methoxy groups -OCH3 is 1. The quantitative estimate of drug-likeness (QED) is 0.755. The Kier molecular flexibility index (Phi) is 4.49. The highest BCUT2D eigenvalue weighted by Crippen LogP contribution is 2.28. The van der Waals surface area contributed by atoms with E-state index in [0.29, 0.717) is 24.0 Å². The number of amides is 1. The monoisotopic (exact) mass is 353 g/mol. The van der Waals surface area contributed by atoms with E-state index >= 15 is 0 Å². The number of carbonyl (C=O) groups excluding carboxylic acids is 1. The molecule has 3 aromatic rings. The first-order valence-electron chi connectivity index (χ1n) is 8.45. The minimum absolute atomic E-state index is 0.280. The number of benzene rings is 1. The summed E-state index contributed by atoms with van der Waals surface area (Å²) in [6, 6.07) is 7.42. The fraction of sp³-hybridized carbons (Fsp3) is 0.333. The topological polar surface area (TPSA) is 91.2 Å². The van der Waals surface area contributed by atoms with Gasteiger partial charge >= 0.3 is 0 Å². The number of ether oxygens (including phenoxy) is 2. The van der Waals surface area contributed by atoms with Crippen LogP contribution in [0.25, 0.3) is 10.8 Å². The van der Waals surface area contributed by atoms with Crippen LogP contribution in [0.1, 0.15) is 16.9 Å². The molecule has 0 saturated carbocycles. The van der Waals surface area contributed by atoms with Gasteiger partial charge in [-0.05, 0) is 24.6 Å². The summed E-state index contributed by atoms with van der Waals surface area (Å²) in [6.07, 6.45) is 4.32. The molecule has 134 valence electrons. The minimum Gasteiger partial charge on any atom is -0.481 e. The van der Waals surface area contributed by atoms with Crippen LogP contribution < -0.4 is 10.1 Å². The van der Waals surface area contributed by atoms with Crippen LogP contribution in [0, 0.1) is 5.92 Å². The first-order valence-corrected chi connectivity index (χ1v) is 8.45. The third-order valence-corrected chi connectivity index (χ3v) is 4.45. The number of anilines is 1. The molecule has 3 heterocycles. The number of nitrogens with zero attached hydrogens (tertiary/aromatic N) is 4. The maximum absolute atomic E-state index is 12.6. The third-order valence-electron chi connectivity index (χ3n) is 4.45. The molecule has 26 heavy (non-hydrogen) atoms. The maximum atomic E-state index is 12.6. The van der Waals surface area contributed by atoms with Crippen molar-refractivity contribution in [3.8, 4) is 5.88 Å². The molecule has 8 nitrogen and oxygen atoms in total. The molecule has 0 radical (unpaired) electrons. The van der Waals surface area contributed by atoms with Crippen LogP contribution in [0.15, 0.2) is 36.7 Å². The highest BCUT2D eigenvalue weighted by atomic mass is 16.5. The number of carbonyl (C=O) groups is 1. The molecular weight excluding hydrogens is 334 g/mol. The van der Waals surface area contributed by atoms with Gasteiger partial charge in [0.15, 0.2) is 5.69 Å². The van der Waals surface area contributed by atoms with E-state index in [0.717, 1.165) is 30.4 Å². The van der Waals surface area contributed by atoms with Crippen LogP contribution in [0.4, 0.5) is 5.69 Å². The Bertz CT molecular complexity index is 933. The number of aromatic nitrogens is 4. The highest BCUT2D eigenvalue weighted by molar-refractivity contribution is 6.08. The Morgan fingerprint density at radius 3 is 3.12 bits per heavy atom. The molecule has 0 aliphatic carbocycles. The molecule has 1 fully saturated rings. The zero-order chi connectivity index (χ0) is 17.9. The van der Waals surface area contributed by atoms with E-state index < -0.39 is 0 Å². The molecule has 1 unspecified atom stereocenters. The summed E-state index contributed by atoms with van der Waals surface area (Å²) in [5, 5.41) is 12.6. The maximum Gasteiger partial charge on any atom is 0.277 e. The molecular formula is C18H19N5O3. The molecule has 1 aliphatic rings. The number of hydrogen-bond acceptors (Lipinski definition) is 6. The van der Waals surface area contributed by atoms with Crippen molar-refractivity contribution in [3.63, 3.8) is 0 Å². The van der Waals surface area contributed by atoms with Crippen molar-refractivity contribution in [1.82, 2.24) is 20.0 Å². The average Bonchev–Trinajstić information content (AvgIpc) is 3.34. The molecule has 1 saturated heterocycles. The fourth-order valence-electron chi connectivity index (χ4n) is 3.12. The SMILES string of the molecule is COc1nccc2c(NC(=O)c3cn(CC4CCOC4)nn3)cccc12. The van der Waals surface area contributed by atoms with E-state index in [4.69, 9.17) is 9.47 Å². The van der Waals surface area contributed by atoms with Gasteiger partial charge in [-0.15, -0.1) is 5.10 Å². The van der Waals surface area contributed by atoms with Crippen molar-refractivity contribution in [2.45, 2.75) is 13.0 Å². The average molecular weight is 353 g/mol. The molecule has 8 heteroatoms. The van der Waals surface area contributed by atoms with E-state index in [1.54, 1.807) is 24.2 Å². The Balaban J connectivity index is 1.53. The molecule has 0 bridgehead atoms. The van der Waals surface area contributed by atoms with Gasteiger partial charge in [-0.25, -0.2) is 4.98 Å². The van der Waals surface area contributed by atoms with Crippen LogP contribution in [0.2, 0.25) is 0 Å². The van der Waals surface area contributed by atoms with Crippen molar-refractivity contribution in [2.24, 2.45) is 5.92 Å². The van der Waals surface area contributed by atoms with Crippen molar-refractivity contribution in [2.75, 3.05) is 25.6 Å². The molecule has 1 amide bonds. The zero-order valence-electron chi connectivity index (χ0n) is 14.4. The second-order valence-corrected chi connectivity index (χ2v) is 6.23. The van der Waals surface area contributed by atoms with Crippen LogP contribution >= 0.6 is 0 Å². The van der Waals surface area contributed by atoms with Gasteiger partial charge in [0, 0.05) is 41.7 Å². The van der Waals surface area contributed by atoms with E-state index in [1.165, 1.54) is 0 Å². The largest absolute Gasteiger partial charge is 0.481 e. The van der Waals surface area contributed by atoms with Crippen LogP contribution in [-0.4, -0.2) is 46.2 Å². The first-order chi connectivity index (χ1) is 12.7. The van der Waals surface area contributed by atoms with Gasteiger partial charge in [-0.3, -0.25) is 9.48 Å². The second-order valence-electron chi connectivity index (χ2n) is 6.23. The molecule has 0 spiro atoms. The van der Waals surface area contributed by atoms with E-state index in [9.17, 15) is 4.79 Å². The Morgan fingerprint density at radius 1 is 1.38 bits per heavy atom. The molecule has 1 aromatic carbocycles. The first kappa shape index (κ1) is 16.5. The number of nitrogens with one attached hydrogen (secondary N) is 1. The molecule has 1 N–H and O–H groups in total. The van der Waals surface area contributed by atoms with Crippen LogP contribution in [0.5, 0.6) is 5.88 Å². The predicted molar refractivity (Wildman–Crippen MR) is 95.2 cm³/mol. The molecule has 1 aliphatic heterocycles. The standard InChI is InChI=1S/C18H19N5O3/c1-25-18-14-3-2-4-15(13(14)5-7-19-18)20-17(24)16-10-23(22-21-16)9-12-6-8-26-11-12/h2-5,7,10,12H,6,8-9,11H2,1H3,(H,20,24). The smallest absolute Gasteiger partial charge is 0.277 e. The number of pyridine rings is 1. The van der Waals surface area contributed by atoms with Gasteiger partial charge in [0.25, 0.3) is 5.91 Å². The lowest BCUT2D eigenvalue weighted by molar-refractivity contribution is 0.102. The van der Waals surface area contributed by atoms with Gasteiger partial charge in [-0.2, -0.15) is 0 Å². The lowest BCUT2D eigenvalue weighted by atomic mass is 10.1. The van der Waals surface area contributed by atoms with Crippen molar-refractivity contribution >= 4 is 22.4 Å². The lowest BCUT2D eigenvalue weighted by Crippen LogP contribution is -2.13. The van der Waals surface area contributed by atoms with Gasteiger partial charge in [-0.1, -0.05) is 11.3 Å². The van der Waals surface area contributed by atoms with Crippen molar-refractivity contribution < 1.29 is 14.3 Å². The summed E-state index contributed by atoms with van der Waals surface area (Å²) in [5.41, 5.74) is 0.953. The second kappa shape index (κ2) is 7.09. The summed E-state index contributed by atoms with van der Waals surface area (Å²) in [6.45, 7) is 2.22. The number of rotatable bonds is 5. The summed E-state index contributed by atoms with van der Waals surface area (Å²) < 4.78 is 12.3. The Labute approximate surface area is 150 Å². The summed E-state index contributed by atoms with van der Waals surface area (Å²) in [4.78, 5) is 16.7. The molecule has 2 aromatic heterocycles. The third kappa shape index (κ3) is 3.23. The minimum atomic E-state index is -0.304. The lowest BCUT2D eigenvalue weighted by Gasteiger charge is -2.09. The normalized spacial score (nSPS) is 16.7. The van der Waals surface area contributed by atoms with Crippen LogP contribution in [0.3, 0.4) is 0 Å².